The van der Waals surface area contributed by atoms with Crippen LogP contribution < -0.4 is 46.6 Å². The van der Waals surface area contributed by atoms with Crippen molar-refractivity contribution in [2.45, 2.75) is 87.5 Å². The number of carbonyl (C=O) groups excluding carboxylic acids is 9. The summed E-state index contributed by atoms with van der Waals surface area (Å²) in [6.07, 6.45) is -0.820. The molecular weight excluding hydrogens is 1700 g/mol. The van der Waals surface area contributed by atoms with E-state index in [0.717, 1.165) is 30.4 Å². The zero-order valence-corrected chi connectivity index (χ0v) is 67.7. The first-order valence-corrected chi connectivity index (χ1v) is 36.1. The third-order valence-corrected chi connectivity index (χ3v) is 17.1. The smallest absolute Gasteiger partial charge is 0.417 e. The minimum atomic E-state index is -1.02. The summed E-state index contributed by atoms with van der Waals surface area (Å²) < 4.78 is 46.4. The maximum atomic E-state index is 14.1. The number of rotatable bonds is 27. The fourth-order valence-electron chi connectivity index (χ4n) is 9.20. The Morgan fingerprint density at radius 2 is 0.723 bits per heavy atom. The van der Waals surface area contributed by atoms with E-state index in [1.165, 1.54) is 82.4 Å². The number of pyridine rings is 3. The van der Waals surface area contributed by atoms with Gasteiger partial charge in [-0.2, -0.15) is 0 Å². The number of esters is 3. The number of nitrogens with zero attached hydrogens (tertiary/aromatic N) is 15. The van der Waals surface area contributed by atoms with Crippen LogP contribution in [0.2, 0.25) is 10.0 Å². The molecule has 0 aliphatic heterocycles. The first kappa shape index (κ1) is 89.9. The molecule has 0 saturated carbocycles. The summed E-state index contributed by atoms with van der Waals surface area (Å²) in [4.78, 5) is 131. The van der Waals surface area contributed by atoms with Gasteiger partial charge in [-0.15, -0.1) is 45.0 Å². The molecule has 6 heterocycles. The summed E-state index contributed by atoms with van der Waals surface area (Å²) in [6, 6.07) is 24.8. The summed E-state index contributed by atoms with van der Waals surface area (Å²) in [7, 11) is 9.25. The summed E-state index contributed by atoms with van der Waals surface area (Å²) in [6.45, 7) is 9.97. The summed E-state index contributed by atoms with van der Waals surface area (Å²) in [5.41, 5.74) is 4.74. The van der Waals surface area contributed by atoms with Crippen LogP contribution in [0.4, 0.5) is 53.3 Å². The molecule has 0 spiro atoms. The van der Waals surface area contributed by atoms with E-state index in [4.69, 9.17) is 51.6 Å². The molecule has 596 valence electrons. The quantitative estimate of drug-likeness (QED) is 0.0206. The predicted octanol–water partition coefficient (Wildman–Crippen LogP) is 11.2. The van der Waals surface area contributed by atoms with Crippen molar-refractivity contribution in [1.29, 1.82) is 0 Å². The number of aromatic nitrogens is 12. The lowest BCUT2D eigenvalue weighted by Crippen LogP contribution is -2.31. The number of benzene rings is 3. The van der Waals surface area contributed by atoms with Gasteiger partial charge in [-0.1, -0.05) is 67.0 Å². The van der Waals surface area contributed by atoms with Crippen molar-refractivity contribution >= 4 is 159 Å². The lowest BCUT2D eigenvalue weighted by Gasteiger charge is -2.21. The molecule has 0 aliphatic rings. The monoisotopic (exact) mass is 1780 g/mol. The largest absolute Gasteiger partial charge is 0.460 e. The van der Waals surface area contributed by atoms with Crippen LogP contribution in [0.25, 0.3) is 0 Å². The molecule has 9 rings (SSSR count). The van der Waals surface area contributed by atoms with E-state index in [9.17, 15) is 47.5 Å². The summed E-state index contributed by atoms with van der Waals surface area (Å²) in [5.74, 6) is -3.02. The van der Waals surface area contributed by atoms with E-state index in [1.807, 2.05) is 26.0 Å². The third kappa shape index (κ3) is 25.5. The van der Waals surface area contributed by atoms with Gasteiger partial charge in [-0.3, -0.25) is 43.5 Å². The van der Waals surface area contributed by atoms with E-state index >= 15 is 0 Å². The molecule has 3 unspecified atom stereocenters. The maximum Gasteiger partial charge on any atom is 0.417 e. The Morgan fingerprint density at radius 1 is 0.446 bits per heavy atom. The Hall–Kier alpha value is -11.0. The molecule has 3 aromatic carbocycles. The topological polar surface area (TPSA) is 422 Å². The number of nitrogens with one attached hydrogen (secondary N) is 6. The van der Waals surface area contributed by atoms with E-state index < -0.39 is 78.4 Å². The lowest BCUT2D eigenvalue weighted by molar-refractivity contribution is -0.144. The second kappa shape index (κ2) is 43.0. The van der Waals surface area contributed by atoms with Crippen molar-refractivity contribution < 1.29 is 76.0 Å². The van der Waals surface area contributed by atoms with Crippen LogP contribution in [0, 0.1) is 26.6 Å². The Morgan fingerprint density at radius 3 is 1.00 bits per heavy atom. The molecule has 0 radical (unpaired) electrons. The average Bonchev–Trinajstić information content (AvgIpc) is 1.75. The van der Waals surface area contributed by atoms with Crippen molar-refractivity contribution in [2.75, 3.05) is 92.6 Å². The number of likely N-dealkylation sites (N-methyl/N-ethyl adjacent to an activating group) is 3. The van der Waals surface area contributed by atoms with Crippen molar-refractivity contribution in [1.82, 2.24) is 75.9 Å². The molecular formula is C70H79Br3Cl2FN21O15. The zero-order valence-electron chi connectivity index (χ0n) is 61.5. The van der Waals surface area contributed by atoms with Crippen molar-refractivity contribution in [2.24, 2.45) is 0 Å². The van der Waals surface area contributed by atoms with Crippen molar-refractivity contribution in [3.05, 3.63) is 190 Å². The van der Waals surface area contributed by atoms with E-state index in [2.05, 4.69) is 125 Å². The second-order valence-electron chi connectivity index (χ2n) is 23.4. The highest BCUT2D eigenvalue weighted by molar-refractivity contribution is 9.11. The molecule has 112 heavy (non-hydrogen) atoms. The number of aryl methyl sites for hydroxylation is 3. The second-order valence-corrected chi connectivity index (χ2v) is 26.5. The molecule has 0 saturated heterocycles. The van der Waals surface area contributed by atoms with Crippen molar-refractivity contribution in [3.63, 3.8) is 0 Å². The molecule has 6 N–H and O–H groups in total. The standard InChI is InChI=1S/2C23H25BrClN7O5.C23H25BrFN7O5.CH4/c3*1-13-7-8-17(16(25)10-13)28-22(34)19-20(24)30-32(29-19)14(2)37-23(35)31(4)21-15(6-5-9-27-21)12-36-18(33)11-26-3;/h3*5-10,14,26H,11-12H2,1-4H3,(H,28,34);1H4. The number of halogens is 6. The number of ether oxygens (including phenoxy) is 6. The number of hydrogen-bond acceptors (Lipinski definition) is 27. The van der Waals surface area contributed by atoms with Crippen LogP contribution in [0.5, 0.6) is 0 Å². The van der Waals surface area contributed by atoms with E-state index in [-0.39, 0.29) is 101 Å². The molecule has 6 aromatic heterocycles. The van der Waals surface area contributed by atoms with Crippen LogP contribution >= 0.6 is 71.0 Å². The van der Waals surface area contributed by atoms with Gasteiger partial charge in [-0.25, -0.2) is 33.7 Å². The van der Waals surface area contributed by atoms with Gasteiger partial charge in [0, 0.05) is 56.4 Å². The molecule has 0 bridgehead atoms. The van der Waals surface area contributed by atoms with Gasteiger partial charge in [0.15, 0.2) is 30.9 Å². The van der Waals surface area contributed by atoms with Gasteiger partial charge in [-0.05, 0) is 182 Å². The highest BCUT2D eigenvalue weighted by Crippen LogP contribution is 2.29. The molecule has 3 atom stereocenters. The highest BCUT2D eigenvalue weighted by atomic mass is 79.9. The Balaban J connectivity index is 0.000000261. The molecule has 6 amide bonds. The number of carbonyl (C=O) groups is 9. The van der Waals surface area contributed by atoms with Gasteiger partial charge in [0.2, 0.25) is 18.7 Å². The first-order valence-electron chi connectivity index (χ1n) is 33.0. The SMILES string of the molecule is C.CNCC(=O)OCc1cccnc1N(C)C(=O)OC(C)n1nc(Br)c(C(=O)Nc2ccc(C)cc2Cl)n1.CNCC(=O)OCc1cccnc1N(C)C(=O)OC(C)n1nc(Br)c(C(=O)Nc2ccc(C)cc2Cl)n1.CNCC(=O)OCc1cccnc1N(C)C(=O)OC(C)n1nc(Br)c(C(=O)Nc2ccc(C)cc2F)n1. The minimum absolute atomic E-state index is 0. The fraction of sp³-hybridized carbons (Fsp3) is 0.314. The number of hydrogen-bond donors (Lipinski definition) is 6. The Labute approximate surface area is 676 Å². The third-order valence-electron chi connectivity index (χ3n) is 14.8. The molecule has 9 aromatic rings. The number of anilines is 6. The Kier molecular flexibility index (Phi) is 34.5. The van der Waals surface area contributed by atoms with Crippen molar-refractivity contribution in [3.8, 4) is 0 Å². The molecule has 42 heteroatoms. The van der Waals surface area contributed by atoms with Crippen LogP contribution in [-0.4, -0.2) is 176 Å². The van der Waals surface area contributed by atoms with Gasteiger partial charge in [0.05, 0.1) is 46.7 Å². The lowest BCUT2D eigenvalue weighted by atomic mass is 10.2. The summed E-state index contributed by atoms with van der Waals surface area (Å²) in [5, 5.41) is 41.4. The van der Waals surface area contributed by atoms with E-state index in [1.54, 1.807) is 94.8 Å². The fourth-order valence-corrected chi connectivity index (χ4v) is 11.0. The van der Waals surface area contributed by atoms with Gasteiger partial charge in [0.1, 0.15) is 43.1 Å². The molecule has 36 nitrogen and oxygen atoms in total. The highest BCUT2D eigenvalue weighted by Gasteiger charge is 2.30. The number of amides is 6. The van der Waals surface area contributed by atoms with Gasteiger partial charge in [0.25, 0.3) is 17.7 Å². The van der Waals surface area contributed by atoms with Crippen LogP contribution in [-0.2, 0) is 62.6 Å². The zero-order chi connectivity index (χ0) is 81.3. The van der Waals surface area contributed by atoms with Crippen LogP contribution in [0.3, 0.4) is 0 Å². The average molecular weight is 1780 g/mol. The molecule has 0 aliphatic carbocycles. The van der Waals surface area contributed by atoms with Gasteiger partial charge < -0.3 is 60.3 Å². The maximum absolute atomic E-state index is 14.1. The Bertz CT molecular complexity index is 4380. The predicted molar refractivity (Wildman–Crippen MR) is 420 cm³/mol. The normalized spacial score (nSPS) is 11.4. The summed E-state index contributed by atoms with van der Waals surface area (Å²) >= 11 is 22.0. The van der Waals surface area contributed by atoms with Gasteiger partial charge >= 0.3 is 36.2 Å². The first-order chi connectivity index (χ1) is 52.8. The molecule has 0 fully saturated rings. The minimum Gasteiger partial charge on any atom is -0.460 e. The van der Waals surface area contributed by atoms with Crippen LogP contribution in [0.1, 0.15) is 112 Å². The van der Waals surface area contributed by atoms with E-state index in [0.29, 0.717) is 43.7 Å². The van der Waals surface area contributed by atoms with Crippen LogP contribution in [0.15, 0.2) is 123 Å².